The van der Waals surface area contributed by atoms with Gasteiger partial charge in [0, 0.05) is 24.9 Å². The Kier molecular flexibility index (Phi) is 5.41. The van der Waals surface area contributed by atoms with E-state index in [1.165, 1.54) is 0 Å². The lowest BCUT2D eigenvalue weighted by Crippen LogP contribution is -2.37. The Hall–Kier alpha value is -1.10. The Morgan fingerprint density at radius 2 is 1.88 bits per heavy atom. The number of amides is 2. The second-order valence-corrected chi connectivity index (χ2v) is 5.12. The lowest BCUT2D eigenvalue weighted by atomic mass is 9.84. The summed E-state index contributed by atoms with van der Waals surface area (Å²) in [6.07, 6.45) is 4.80. The number of rotatable bonds is 5. The lowest BCUT2D eigenvalue weighted by Gasteiger charge is -2.26. The molecule has 0 heterocycles. The monoisotopic (exact) mass is 241 g/mol. The van der Waals surface area contributed by atoms with Crippen LogP contribution in [0.3, 0.4) is 0 Å². The van der Waals surface area contributed by atoms with Crippen LogP contribution in [-0.2, 0) is 9.59 Å². The Morgan fingerprint density at radius 3 is 2.41 bits per heavy atom. The molecule has 1 saturated carbocycles. The highest BCUT2D eigenvalue weighted by Gasteiger charge is 2.21. The van der Waals surface area contributed by atoms with E-state index in [9.17, 15) is 9.59 Å². The van der Waals surface area contributed by atoms with Crippen LogP contribution in [0.5, 0.6) is 0 Å². The summed E-state index contributed by atoms with van der Waals surface area (Å²) in [5.41, 5.74) is 10.9. The predicted octanol–water partition coefficient (Wildman–Crippen LogP) is 0.274. The Bertz CT molecular complexity index is 273. The fourth-order valence-corrected chi connectivity index (χ4v) is 2.34. The van der Waals surface area contributed by atoms with Crippen LogP contribution in [0.1, 0.15) is 45.4 Å². The van der Waals surface area contributed by atoms with Crippen LogP contribution < -0.4 is 16.8 Å². The molecular weight excluding hydrogens is 218 g/mol. The second-order valence-electron chi connectivity index (χ2n) is 5.12. The van der Waals surface area contributed by atoms with E-state index in [4.69, 9.17) is 11.5 Å². The first-order valence-corrected chi connectivity index (χ1v) is 6.30. The van der Waals surface area contributed by atoms with Gasteiger partial charge in [-0.2, -0.15) is 0 Å². The summed E-state index contributed by atoms with van der Waals surface area (Å²) >= 11 is 0. The molecule has 1 aliphatic rings. The quantitative estimate of drug-likeness (QED) is 0.644. The van der Waals surface area contributed by atoms with Gasteiger partial charge in [-0.05, 0) is 38.5 Å². The molecule has 5 N–H and O–H groups in total. The van der Waals surface area contributed by atoms with Crippen molar-refractivity contribution in [3.8, 4) is 0 Å². The molecule has 2 amide bonds. The van der Waals surface area contributed by atoms with Crippen LogP contribution in [0.4, 0.5) is 0 Å². The standard InChI is InChI=1S/C12H23N3O2/c1-8(6-11(14)16)15-12(17)7-9-2-4-10(13)5-3-9/h8-10H,2-7,13H2,1H3,(H2,14,16)(H,15,17). The van der Waals surface area contributed by atoms with Crippen molar-refractivity contribution in [1.82, 2.24) is 5.32 Å². The Balaban J connectivity index is 2.22. The molecule has 98 valence electrons. The molecule has 0 aromatic rings. The SMILES string of the molecule is CC(CC(N)=O)NC(=O)CC1CCC(N)CC1. The largest absolute Gasteiger partial charge is 0.370 e. The minimum absolute atomic E-state index is 0.0132. The summed E-state index contributed by atoms with van der Waals surface area (Å²) in [7, 11) is 0. The van der Waals surface area contributed by atoms with Gasteiger partial charge in [0.2, 0.25) is 11.8 Å². The van der Waals surface area contributed by atoms with Crippen molar-refractivity contribution in [2.45, 2.75) is 57.5 Å². The Labute approximate surface area is 102 Å². The highest BCUT2D eigenvalue weighted by Crippen LogP contribution is 2.25. The molecule has 5 nitrogen and oxygen atoms in total. The first-order valence-electron chi connectivity index (χ1n) is 6.30. The maximum absolute atomic E-state index is 11.7. The van der Waals surface area contributed by atoms with Gasteiger partial charge in [-0.15, -0.1) is 0 Å². The van der Waals surface area contributed by atoms with Crippen molar-refractivity contribution in [1.29, 1.82) is 0 Å². The molecule has 0 bridgehead atoms. The van der Waals surface area contributed by atoms with Gasteiger partial charge in [0.15, 0.2) is 0 Å². The van der Waals surface area contributed by atoms with E-state index in [0.29, 0.717) is 18.4 Å². The molecule has 1 atom stereocenters. The van der Waals surface area contributed by atoms with E-state index in [-0.39, 0.29) is 24.3 Å². The average Bonchev–Trinajstić information content (AvgIpc) is 2.19. The molecule has 1 unspecified atom stereocenters. The smallest absolute Gasteiger partial charge is 0.220 e. The molecule has 0 aliphatic heterocycles. The van der Waals surface area contributed by atoms with E-state index < -0.39 is 0 Å². The van der Waals surface area contributed by atoms with Crippen molar-refractivity contribution in [2.24, 2.45) is 17.4 Å². The van der Waals surface area contributed by atoms with Crippen LogP contribution in [-0.4, -0.2) is 23.9 Å². The van der Waals surface area contributed by atoms with Gasteiger partial charge in [-0.25, -0.2) is 0 Å². The van der Waals surface area contributed by atoms with Gasteiger partial charge in [0.1, 0.15) is 0 Å². The number of primary amides is 1. The second kappa shape index (κ2) is 6.59. The van der Waals surface area contributed by atoms with Gasteiger partial charge < -0.3 is 16.8 Å². The van der Waals surface area contributed by atoms with Crippen molar-refractivity contribution < 1.29 is 9.59 Å². The number of nitrogens with two attached hydrogens (primary N) is 2. The molecule has 0 spiro atoms. The van der Waals surface area contributed by atoms with Crippen molar-refractivity contribution in [3.05, 3.63) is 0 Å². The first kappa shape index (κ1) is 14.0. The van der Waals surface area contributed by atoms with Gasteiger partial charge >= 0.3 is 0 Å². The third-order valence-corrected chi connectivity index (χ3v) is 3.28. The van der Waals surface area contributed by atoms with E-state index in [0.717, 1.165) is 25.7 Å². The number of carbonyl (C=O) groups is 2. The summed E-state index contributed by atoms with van der Waals surface area (Å²) in [5, 5.41) is 2.80. The van der Waals surface area contributed by atoms with Crippen LogP contribution >= 0.6 is 0 Å². The molecule has 1 aliphatic carbocycles. The zero-order valence-electron chi connectivity index (χ0n) is 10.4. The molecule has 0 radical (unpaired) electrons. The maximum atomic E-state index is 11.7. The number of hydrogen-bond donors (Lipinski definition) is 3. The fraction of sp³-hybridized carbons (Fsp3) is 0.833. The minimum Gasteiger partial charge on any atom is -0.370 e. The highest BCUT2D eigenvalue weighted by molar-refractivity contribution is 5.78. The summed E-state index contributed by atoms with van der Waals surface area (Å²) in [6, 6.07) is 0.133. The van der Waals surface area contributed by atoms with Crippen molar-refractivity contribution >= 4 is 11.8 Å². The van der Waals surface area contributed by atoms with E-state index in [1.54, 1.807) is 6.92 Å². The normalized spacial score (nSPS) is 26.2. The van der Waals surface area contributed by atoms with Crippen LogP contribution in [0.2, 0.25) is 0 Å². The van der Waals surface area contributed by atoms with E-state index >= 15 is 0 Å². The minimum atomic E-state index is -0.388. The molecule has 1 fully saturated rings. The summed E-state index contributed by atoms with van der Waals surface area (Å²) < 4.78 is 0. The third kappa shape index (κ3) is 5.68. The van der Waals surface area contributed by atoms with Gasteiger partial charge in [-0.3, -0.25) is 9.59 Å². The van der Waals surface area contributed by atoms with Gasteiger partial charge in [0.25, 0.3) is 0 Å². The summed E-state index contributed by atoms with van der Waals surface area (Å²) in [4.78, 5) is 22.4. The molecule has 0 saturated heterocycles. The predicted molar refractivity (Wildman–Crippen MR) is 66.0 cm³/mol. The number of nitrogens with one attached hydrogen (secondary N) is 1. The highest BCUT2D eigenvalue weighted by atomic mass is 16.2. The first-order chi connectivity index (χ1) is 7.97. The van der Waals surface area contributed by atoms with Gasteiger partial charge in [-0.1, -0.05) is 0 Å². The molecular formula is C12H23N3O2. The van der Waals surface area contributed by atoms with Crippen molar-refractivity contribution in [3.63, 3.8) is 0 Å². The van der Waals surface area contributed by atoms with Crippen LogP contribution in [0.15, 0.2) is 0 Å². The topological polar surface area (TPSA) is 98.2 Å². The van der Waals surface area contributed by atoms with Crippen molar-refractivity contribution in [2.75, 3.05) is 0 Å². The molecule has 0 aromatic carbocycles. The number of carbonyl (C=O) groups excluding carboxylic acids is 2. The third-order valence-electron chi connectivity index (χ3n) is 3.28. The molecule has 5 heteroatoms. The van der Waals surface area contributed by atoms with E-state index in [1.807, 2.05) is 0 Å². The summed E-state index contributed by atoms with van der Waals surface area (Å²) in [5.74, 6) is 0.0660. The zero-order valence-corrected chi connectivity index (χ0v) is 10.4. The summed E-state index contributed by atoms with van der Waals surface area (Å²) in [6.45, 7) is 1.79. The average molecular weight is 241 g/mol. The Morgan fingerprint density at radius 1 is 1.29 bits per heavy atom. The molecule has 1 rings (SSSR count). The van der Waals surface area contributed by atoms with Crippen LogP contribution in [0.25, 0.3) is 0 Å². The van der Waals surface area contributed by atoms with Gasteiger partial charge in [0.05, 0.1) is 0 Å². The lowest BCUT2D eigenvalue weighted by molar-refractivity contribution is -0.123. The number of hydrogen-bond acceptors (Lipinski definition) is 3. The zero-order chi connectivity index (χ0) is 12.8. The maximum Gasteiger partial charge on any atom is 0.220 e. The van der Waals surface area contributed by atoms with E-state index in [2.05, 4.69) is 5.32 Å². The molecule has 17 heavy (non-hydrogen) atoms. The fourth-order valence-electron chi connectivity index (χ4n) is 2.34. The van der Waals surface area contributed by atoms with Crippen LogP contribution in [0, 0.1) is 5.92 Å². The molecule has 0 aromatic heterocycles.